The van der Waals surface area contributed by atoms with Gasteiger partial charge < -0.3 is 19.5 Å². The number of fused-ring (bicyclic) bond motifs is 1. The molecule has 0 spiro atoms. The molecule has 0 fully saturated rings. The second-order valence-corrected chi connectivity index (χ2v) is 6.45. The molecule has 0 atom stereocenters. The summed E-state index contributed by atoms with van der Waals surface area (Å²) in [5.74, 6) is 0.472. The van der Waals surface area contributed by atoms with Crippen molar-refractivity contribution in [1.29, 1.82) is 0 Å². The lowest BCUT2D eigenvalue weighted by atomic mass is 10.0. The zero-order chi connectivity index (χ0) is 20.6. The standard InChI is InChI=1S/C23H23NO5/c1-16-6-5-7-17(14-16)28-13-12-24-22(25)15-29-23(26)20-10-11-21(27-2)19-9-4-3-8-18(19)20/h3-11,14H,12-13,15H2,1-2H3,(H,24,25). The third kappa shape index (κ3) is 5.25. The molecule has 0 aliphatic heterocycles. The van der Waals surface area contributed by atoms with Crippen molar-refractivity contribution in [2.75, 3.05) is 26.9 Å². The number of ether oxygens (including phenoxy) is 3. The normalized spacial score (nSPS) is 10.4. The molecule has 1 amide bonds. The Bertz CT molecular complexity index is 1020. The molecule has 29 heavy (non-hydrogen) atoms. The number of benzene rings is 3. The summed E-state index contributed by atoms with van der Waals surface area (Å²) in [4.78, 5) is 24.4. The zero-order valence-electron chi connectivity index (χ0n) is 16.4. The highest BCUT2D eigenvalue weighted by Crippen LogP contribution is 2.28. The summed E-state index contributed by atoms with van der Waals surface area (Å²) in [7, 11) is 1.58. The average molecular weight is 393 g/mol. The number of nitrogens with one attached hydrogen (secondary N) is 1. The zero-order valence-corrected chi connectivity index (χ0v) is 16.4. The van der Waals surface area contributed by atoms with Crippen molar-refractivity contribution >= 4 is 22.6 Å². The van der Waals surface area contributed by atoms with Gasteiger partial charge in [-0.1, -0.05) is 36.4 Å². The average Bonchev–Trinajstić information content (AvgIpc) is 2.74. The summed E-state index contributed by atoms with van der Waals surface area (Å²) < 4.78 is 16.1. The molecule has 1 N–H and O–H groups in total. The number of methoxy groups -OCH3 is 1. The van der Waals surface area contributed by atoms with Gasteiger partial charge in [0.25, 0.3) is 5.91 Å². The maximum absolute atomic E-state index is 12.4. The smallest absolute Gasteiger partial charge is 0.339 e. The van der Waals surface area contributed by atoms with E-state index in [2.05, 4.69) is 5.32 Å². The van der Waals surface area contributed by atoms with Gasteiger partial charge in [0.2, 0.25) is 0 Å². The lowest BCUT2D eigenvalue weighted by molar-refractivity contribution is -0.124. The van der Waals surface area contributed by atoms with E-state index in [1.54, 1.807) is 19.2 Å². The summed E-state index contributed by atoms with van der Waals surface area (Å²) in [5.41, 5.74) is 1.49. The van der Waals surface area contributed by atoms with Crippen molar-refractivity contribution in [3.63, 3.8) is 0 Å². The molecule has 0 aliphatic carbocycles. The molecule has 0 bridgehead atoms. The first-order valence-corrected chi connectivity index (χ1v) is 9.27. The number of rotatable bonds is 8. The topological polar surface area (TPSA) is 73.9 Å². The maximum Gasteiger partial charge on any atom is 0.339 e. The van der Waals surface area contributed by atoms with Crippen molar-refractivity contribution in [1.82, 2.24) is 5.32 Å². The Morgan fingerprint density at radius 1 is 0.966 bits per heavy atom. The minimum atomic E-state index is -0.560. The fourth-order valence-electron chi connectivity index (χ4n) is 2.95. The van der Waals surface area contributed by atoms with Gasteiger partial charge in [-0.05, 0) is 42.1 Å². The molecule has 3 aromatic rings. The van der Waals surface area contributed by atoms with Crippen LogP contribution in [0.25, 0.3) is 10.8 Å². The third-order valence-electron chi connectivity index (χ3n) is 4.34. The van der Waals surface area contributed by atoms with Crippen LogP contribution >= 0.6 is 0 Å². The van der Waals surface area contributed by atoms with Crippen molar-refractivity contribution in [2.45, 2.75) is 6.92 Å². The fourth-order valence-corrected chi connectivity index (χ4v) is 2.95. The molecule has 3 aromatic carbocycles. The van der Waals surface area contributed by atoms with Gasteiger partial charge in [0.1, 0.15) is 18.1 Å². The molecule has 3 rings (SSSR count). The Morgan fingerprint density at radius 3 is 2.52 bits per heavy atom. The molecule has 6 heteroatoms. The minimum Gasteiger partial charge on any atom is -0.496 e. The Morgan fingerprint density at radius 2 is 1.76 bits per heavy atom. The maximum atomic E-state index is 12.4. The third-order valence-corrected chi connectivity index (χ3v) is 4.34. The van der Waals surface area contributed by atoms with Gasteiger partial charge in [0.05, 0.1) is 19.2 Å². The molecule has 0 aliphatic rings. The summed E-state index contributed by atoms with van der Waals surface area (Å²) in [6.07, 6.45) is 0. The van der Waals surface area contributed by atoms with Gasteiger partial charge in [-0.3, -0.25) is 4.79 Å². The molecule has 0 unspecified atom stereocenters. The number of aryl methyl sites for hydroxylation is 1. The van der Waals surface area contributed by atoms with Crippen molar-refractivity contribution < 1.29 is 23.8 Å². The Balaban J connectivity index is 1.49. The van der Waals surface area contributed by atoms with Crippen molar-refractivity contribution in [2.24, 2.45) is 0 Å². The summed E-state index contributed by atoms with van der Waals surface area (Å²) in [6, 6.07) is 18.4. The fraction of sp³-hybridized carbons (Fsp3) is 0.217. The van der Waals surface area contributed by atoms with E-state index in [1.807, 2.05) is 55.5 Å². The van der Waals surface area contributed by atoms with Crippen LogP contribution in [0, 0.1) is 6.92 Å². The highest BCUT2D eigenvalue weighted by molar-refractivity contribution is 6.06. The number of carbonyl (C=O) groups is 2. The second kappa shape index (κ2) is 9.59. The summed E-state index contributed by atoms with van der Waals surface area (Å²) in [6.45, 7) is 2.26. The molecule has 0 saturated heterocycles. The van der Waals surface area contributed by atoms with E-state index in [4.69, 9.17) is 14.2 Å². The van der Waals surface area contributed by atoms with Gasteiger partial charge >= 0.3 is 5.97 Å². The van der Waals surface area contributed by atoms with Crippen LogP contribution in [0.1, 0.15) is 15.9 Å². The molecule has 0 radical (unpaired) electrons. The van der Waals surface area contributed by atoms with E-state index in [-0.39, 0.29) is 12.5 Å². The minimum absolute atomic E-state index is 0.315. The molecule has 150 valence electrons. The van der Waals surface area contributed by atoms with E-state index in [0.717, 1.165) is 16.7 Å². The number of esters is 1. The number of hydrogen-bond donors (Lipinski definition) is 1. The van der Waals surface area contributed by atoms with Crippen molar-refractivity contribution in [3.05, 3.63) is 71.8 Å². The largest absolute Gasteiger partial charge is 0.496 e. The van der Waals surface area contributed by atoms with Crippen LogP contribution in [-0.4, -0.2) is 38.7 Å². The van der Waals surface area contributed by atoms with E-state index in [1.165, 1.54) is 0 Å². The van der Waals surface area contributed by atoms with Crippen LogP contribution in [0.4, 0.5) is 0 Å². The lowest BCUT2D eigenvalue weighted by Gasteiger charge is -2.11. The highest BCUT2D eigenvalue weighted by Gasteiger charge is 2.15. The van der Waals surface area contributed by atoms with E-state index in [0.29, 0.717) is 29.9 Å². The first-order chi connectivity index (χ1) is 14.1. The highest BCUT2D eigenvalue weighted by atomic mass is 16.5. The van der Waals surface area contributed by atoms with Gasteiger partial charge in [-0.2, -0.15) is 0 Å². The van der Waals surface area contributed by atoms with Crippen LogP contribution in [0.5, 0.6) is 11.5 Å². The number of hydrogen-bond acceptors (Lipinski definition) is 5. The van der Waals surface area contributed by atoms with E-state index in [9.17, 15) is 9.59 Å². The predicted molar refractivity (Wildman–Crippen MR) is 110 cm³/mol. The second-order valence-electron chi connectivity index (χ2n) is 6.45. The molecule has 0 heterocycles. The summed E-state index contributed by atoms with van der Waals surface area (Å²) >= 11 is 0. The SMILES string of the molecule is COc1ccc(C(=O)OCC(=O)NCCOc2cccc(C)c2)c2ccccc12. The predicted octanol–water partition coefficient (Wildman–Crippen LogP) is 3.51. The van der Waals surface area contributed by atoms with Gasteiger partial charge in [-0.25, -0.2) is 4.79 Å². The monoisotopic (exact) mass is 393 g/mol. The van der Waals surface area contributed by atoms with Gasteiger partial charge in [0, 0.05) is 5.39 Å². The van der Waals surface area contributed by atoms with Crippen LogP contribution in [0.2, 0.25) is 0 Å². The van der Waals surface area contributed by atoms with E-state index < -0.39 is 5.97 Å². The van der Waals surface area contributed by atoms with Crippen molar-refractivity contribution in [3.8, 4) is 11.5 Å². The first-order valence-electron chi connectivity index (χ1n) is 9.27. The summed E-state index contributed by atoms with van der Waals surface area (Å²) in [5, 5.41) is 4.19. The van der Waals surface area contributed by atoms with Gasteiger partial charge in [0.15, 0.2) is 6.61 Å². The molecular formula is C23H23NO5. The van der Waals surface area contributed by atoms with Crippen LogP contribution in [0.3, 0.4) is 0 Å². The van der Waals surface area contributed by atoms with Crippen LogP contribution in [-0.2, 0) is 9.53 Å². The van der Waals surface area contributed by atoms with Crippen LogP contribution < -0.4 is 14.8 Å². The molecular weight excluding hydrogens is 370 g/mol. The number of amides is 1. The quantitative estimate of drug-likeness (QED) is 0.468. The molecule has 6 nitrogen and oxygen atoms in total. The van der Waals surface area contributed by atoms with E-state index >= 15 is 0 Å². The van der Waals surface area contributed by atoms with Gasteiger partial charge in [-0.15, -0.1) is 0 Å². The Hall–Kier alpha value is -3.54. The molecule has 0 saturated carbocycles. The Labute approximate surface area is 169 Å². The number of carbonyl (C=O) groups excluding carboxylic acids is 2. The Kier molecular flexibility index (Phi) is 6.68. The first kappa shape index (κ1) is 20.2. The van der Waals surface area contributed by atoms with Crippen LogP contribution in [0.15, 0.2) is 60.7 Å². The lowest BCUT2D eigenvalue weighted by Crippen LogP contribution is -2.32. The molecule has 0 aromatic heterocycles.